The number of Topliss-reactive ketones (excluding diaryl/α,β-unsaturated/α-hetero) is 1. The maximum atomic E-state index is 13.3. The van der Waals surface area contributed by atoms with Crippen molar-refractivity contribution in [3.63, 3.8) is 0 Å². The van der Waals surface area contributed by atoms with Gasteiger partial charge in [-0.25, -0.2) is 0 Å². The molecule has 1 atom stereocenters. The van der Waals surface area contributed by atoms with Crippen LogP contribution in [0.4, 0.5) is 0 Å². The predicted octanol–water partition coefficient (Wildman–Crippen LogP) is 4.21. The molecule has 1 heterocycles. The molecule has 0 saturated carbocycles. The number of aliphatic hydroxyl groups is 1. The van der Waals surface area contributed by atoms with Gasteiger partial charge in [0, 0.05) is 12.1 Å². The summed E-state index contributed by atoms with van der Waals surface area (Å²) in [5.74, 6) is -0.710. The SMILES string of the molecule is COc1ccc(C2/C(=C(\O)c3cc(C(C)C)c(OC)cc3C)C(=O)C(=O)N2CCCN(C)C)cc1O. The Kier molecular flexibility index (Phi) is 8.30. The van der Waals surface area contributed by atoms with E-state index in [1.165, 1.54) is 18.1 Å². The molecule has 0 aliphatic carbocycles. The summed E-state index contributed by atoms with van der Waals surface area (Å²) in [6, 6.07) is 7.54. The smallest absolute Gasteiger partial charge is 0.295 e. The number of methoxy groups -OCH3 is 2. The number of hydrogen-bond acceptors (Lipinski definition) is 7. The molecule has 1 aliphatic heterocycles. The Balaban J connectivity index is 2.22. The van der Waals surface area contributed by atoms with E-state index >= 15 is 0 Å². The standard InChI is InChI=1S/C28H36N2O6/c1-16(2)19-15-20(17(3)13-23(19)36-7)26(32)24-25(18-9-10-22(35-6)21(31)14-18)30(28(34)27(24)33)12-8-11-29(4)5/h9-10,13-16,25,31-32H,8,11-12H2,1-7H3/b26-24+. The third-order valence-electron chi connectivity index (χ3n) is 6.52. The number of aromatic hydroxyl groups is 1. The van der Waals surface area contributed by atoms with Gasteiger partial charge < -0.3 is 29.5 Å². The number of aryl methyl sites for hydroxylation is 1. The lowest BCUT2D eigenvalue weighted by molar-refractivity contribution is -0.139. The lowest BCUT2D eigenvalue weighted by Gasteiger charge is -2.26. The largest absolute Gasteiger partial charge is 0.507 e. The zero-order chi connectivity index (χ0) is 26.7. The molecule has 1 unspecified atom stereocenters. The van der Waals surface area contributed by atoms with Gasteiger partial charge in [0.1, 0.15) is 11.5 Å². The molecule has 1 aliphatic rings. The second-order valence-electron chi connectivity index (χ2n) is 9.64. The fraction of sp³-hybridized carbons (Fsp3) is 0.429. The summed E-state index contributed by atoms with van der Waals surface area (Å²) < 4.78 is 10.7. The van der Waals surface area contributed by atoms with Gasteiger partial charge >= 0.3 is 0 Å². The minimum absolute atomic E-state index is 0.00241. The number of phenols is 1. The first kappa shape index (κ1) is 27.1. The van der Waals surface area contributed by atoms with Crippen LogP contribution in [0.15, 0.2) is 35.9 Å². The van der Waals surface area contributed by atoms with Crippen LogP contribution in [0.1, 0.15) is 54.5 Å². The topological polar surface area (TPSA) is 99.5 Å². The van der Waals surface area contributed by atoms with E-state index in [1.807, 2.05) is 51.9 Å². The highest BCUT2D eigenvalue weighted by atomic mass is 16.5. The molecule has 194 valence electrons. The van der Waals surface area contributed by atoms with Crippen molar-refractivity contribution in [1.29, 1.82) is 0 Å². The second kappa shape index (κ2) is 11.0. The summed E-state index contributed by atoms with van der Waals surface area (Å²) in [5, 5.41) is 22.0. The van der Waals surface area contributed by atoms with Crippen molar-refractivity contribution in [2.24, 2.45) is 0 Å². The van der Waals surface area contributed by atoms with Gasteiger partial charge in [-0.3, -0.25) is 9.59 Å². The van der Waals surface area contributed by atoms with Gasteiger partial charge in [0.25, 0.3) is 11.7 Å². The van der Waals surface area contributed by atoms with Gasteiger partial charge in [-0.15, -0.1) is 0 Å². The first-order chi connectivity index (χ1) is 17.0. The first-order valence-corrected chi connectivity index (χ1v) is 12.0. The Morgan fingerprint density at radius 2 is 1.75 bits per heavy atom. The van der Waals surface area contributed by atoms with Crippen molar-refractivity contribution in [1.82, 2.24) is 9.80 Å². The van der Waals surface area contributed by atoms with Crippen LogP contribution in [0.5, 0.6) is 17.2 Å². The maximum Gasteiger partial charge on any atom is 0.295 e. The molecular weight excluding hydrogens is 460 g/mol. The van der Waals surface area contributed by atoms with Crippen molar-refractivity contribution in [3.05, 3.63) is 58.2 Å². The number of aliphatic hydroxyl groups excluding tert-OH is 1. The number of amides is 1. The van der Waals surface area contributed by atoms with Crippen LogP contribution in [0.25, 0.3) is 5.76 Å². The predicted molar refractivity (Wildman–Crippen MR) is 139 cm³/mol. The molecule has 36 heavy (non-hydrogen) atoms. The van der Waals surface area contributed by atoms with Crippen molar-refractivity contribution in [2.45, 2.75) is 39.2 Å². The summed E-state index contributed by atoms with van der Waals surface area (Å²) in [6.45, 7) is 6.89. The van der Waals surface area contributed by atoms with E-state index in [2.05, 4.69) is 0 Å². The fourth-order valence-corrected chi connectivity index (χ4v) is 4.62. The number of hydrogen-bond donors (Lipinski definition) is 2. The van der Waals surface area contributed by atoms with Crippen LogP contribution in [0.3, 0.4) is 0 Å². The Morgan fingerprint density at radius 1 is 1.08 bits per heavy atom. The molecular formula is C28H36N2O6. The summed E-state index contributed by atoms with van der Waals surface area (Å²) in [5.41, 5.74) is 2.56. The minimum Gasteiger partial charge on any atom is -0.507 e. The average Bonchev–Trinajstić information content (AvgIpc) is 3.07. The molecule has 2 aromatic carbocycles. The number of likely N-dealkylation sites (tertiary alicyclic amines) is 1. The zero-order valence-electron chi connectivity index (χ0n) is 22.1. The van der Waals surface area contributed by atoms with E-state index < -0.39 is 17.7 Å². The molecule has 0 aromatic heterocycles. The number of rotatable bonds is 9. The second-order valence-corrected chi connectivity index (χ2v) is 9.64. The van der Waals surface area contributed by atoms with Crippen LogP contribution in [0, 0.1) is 6.92 Å². The molecule has 1 amide bonds. The van der Waals surface area contributed by atoms with Crippen LogP contribution in [-0.4, -0.2) is 73.1 Å². The van der Waals surface area contributed by atoms with Gasteiger partial charge in [0.2, 0.25) is 0 Å². The van der Waals surface area contributed by atoms with Crippen LogP contribution in [0.2, 0.25) is 0 Å². The monoisotopic (exact) mass is 496 g/mol. The molecule has 3 rings (SSSR count). The number of benzene rings is 2. The number of nitrogens with zero attached hydrogens (tertiary/aromatic N) is 2. The third kappa shape index (κ3) is 5.18. The van der Waals surface area contributed by atoms with Gasteiger partial charge in [-0.2, -0.15) is 0 Å². The first-order valence-electron chi connectivity index (χ1n) is 12.0. The Bertz CT molecular complexity index is 1180. The summed E-state index contributed by atoms with van der Waals surface area (Å²) in [7, 11) is 6.91. The number of carbonyl (C=O) groups is 2. The van der Waals surface area contributed by atoms with E-state index in [9.17, 15) is 19.8 Å². The van der Waals surface area contributed by atoms with Gasteiger partial charge in [-0.05, 0) is 80.9 Å². The number of ether oxygens (including phenoxy) is 2. The Hall–Kier alpha value is -3.52. The quantitative estimate of drug-likeness (QED) is 0.305. The lowest BCUT2D eigenvalue weighted by atomic mass is 9.91. The number of carbonyl (C=O) groups excluding carboxylic acids is 2. The van der Waals surface area contributed by atoms with Crippen LogP contribution < -0.4 is 9.47 Å². The Morgan fingerprint density at radius 3 is 2.31 bits per heavy atom. The Labute approximate surface area is 212 Å². The maximum absolute atomic E-state index is 13.3. The van der Waals surface area contributed by atoms with E-state index in [1.54, 1.807) is 19.2 Å². The van der Waals surface area contributed by atoms with E-state index in [4.69, 9.17) is 9.47 Å². The van der Waals surface area contributed by atoms with Crippen molar-refractivity contribution in [3.8, 4) is 17.2 Å². The van der Waals surface area contributed by atoms with Crippen molar-refractivity contribution in [2.75, 3.05) is 41.4 Å². The minimum atomic E-state index is -0.854. The van der Waals surface area contributed by atoms with Crippen molar-refractivity contribution >= 4 is 17.4 Å². The number of ketones is 1. The molecule has 2 aromatic rings. The molecule has 1 saturated heterocycles. The molecule has 0 bridgehead atoms. The number of phenolic OH excluding ortho intramolecular Hbond substituents is 1. The van der Waals surface area contributed by atoms with Crippen LogP contribution in [-0.2, 0) is 9.59 Å². The van der Waals surface area contributed by atoms with E-state index in [-0.39, 0.29) is 28.7 Å². The fourth-order valence-electron chi connectivity index (χ4n) is 4.62. The highest BCUT2D eigenvalue weighted by Gasteiger charge is 2.46. The van der Waals surface area contributed by atoms with Gasteiger partial charge in [-0.1, -0.05) is 19.9 Å². The molecule has 0 radical (unpaired) electrons. The molecule has 1 fully saturated rings. The summed E-state index contributed by atoms with van der Waals surface area (Å²) in [4.78, 5) is 30.0. The lowest BCUT2D eigenvalue weighted by Crippen LogP contribution is -2.32. The third-order valence-corrected chi connectivity index (χ3v) is 6.52. The molecule has 2 N–H and O–H groups in total. The summed E-state index contributed by atoms with van der Waals surface area (Å²) >= 11 is 0. The average molecular weight is 497 g/mol. The van der Waals surface area contributed by atoms with Crippen LogP contribution >= 0.6 is 0 Å². The molecule has 8 nitrogen and oxygen atoms in total. The zero-order valence-corrected chi connectivity index (χ0v) is 22.1. The van der Waals surface area contributed by atoms with Gasteiger partial charge in [0.05, 0.1) is 25.8 Å². The highest BCUT2D eigenvalue weighted by Crippen LogP contribution is 2.43. The summed E-state index contributed by atoms with van der Waals surface area (Å²) in [6.07, 6.45) is 0.637. The normalized spacial score (nSPS) is 17.4. The molecule has 0 spiro atoms. The van der Waals surface area contributed by atoms with E-state index in [0.717, 1.165) is 12.1 Å². The molecule has 8 heteroatoms. The van der Waals surface area contributed by atoms with Gasteiger partial charge in [0.15, 0.2) is 11.5 Å². The highest BCUT2D eigenvalue weighted by molar-refractivity contribution is 6.46. The van der Waals surface area contributed by atoms with E-state index in [0.29, 0.717) is 35.4 Å². The van der Waals surface area contributed by atoms with Crippen molar-refractivity contribution < 1.29 is 29.3 Å².